The van der Waals surface area contributed by atoms with Crippen LogP contribution in [0.15, 0.2) is 11.6 Å². The second kappa shape index (κ2) is 2.85. The van der Waals surface area contributed by atoms with Crippen LogP contribution in [-0.2, 0) is 0 Å². The third-order valence-electron chi connectivity index (χ3n) is 4.79. The van der Waals surface area contributed by atoms with Crippen molar-refractivity contribution in [2.24, 2.45) is 23.0 Å². The lowest BCUT2D eigenvalue weighted by Crippen LogP contribution is -2.42. The van der Waals surface area contributed by atoms with Gasteiger partial charge in [0.2, 0.25) is 0 Å². The maximum absolute atomic E-state index is 12.6. The van der Waals surface area contributed by atoms with E-state index in [0.717, 1.165) is 24.7 Å². The van der Waals surface area contributed by atoms with E-state index < -0.39 is 0 Å². The Morgan fingerprint density at radius 2 is 2.33 bits per heavy atom. The van der Waals surface area contributed by atoms with Gasteiger partial charge in [0, 0.05) is 5.54 Å². The summed E-state index contributed by atoms with van der Waals surface area (Å²) in [6, 6.07) is 0. The summed E-state index contributed by atoms with van der Waals surface area (Å²) in [6.07, 6.45) is 7.57. The first-order valence-electron chi connectivity index (χ1n) is 6.10. The Morgan fingerprint density at radius 3 is 3.07 bits per heavy atom. The van der Waals surface area contributed by atoms with Crippen molar-refractivity contribution in [2.45, 2.75) is 44.6 Å². The maximum Gasteiger partial charge on any atom is 0.0902 e. The molecule has 0 aromatic carbocycles. The molecule has 3 aliphatic rings. The highest BCUT2D eigenvalue weighted by Gasteiger charge is 2.54. The minimum atomic E-state index is -0.218. The van der Waals surface area contributed by atoms with Gasteiger partial charge in [-0.3, -0.25) is 4.39 Å². The van der Waals surface area contributed by atoms with E-state index in [4.69, 9.17) is 5.73 Å². The molecule has 84 valence electrons. The summed E-state index contributed by atoms with van der Waals surface area (Å²) in [5.41, 5.74) is 8.09. The number of halogens is 1. The first-order chi connectivity index (χ1) is 7.04. The van der Waals surface area contributed by atoms with Crippen molar-refractivity contribution in [3.8, 4) is 0 Å². The van der Waals surface area contributed by atoms with Crippen LogP contribution in [-0.4, -0.2) is 12.2 Å². The van der Waals surface area contributed by atoms with Crippen molar-refractivity contribution in [1.82, 2.24) is 0 Å². The van der Waals surface area contributed by atoms with Crippen LogP contribution < -0.4 is 5.73 Å². The highest BCUT2D eigenvalue weighted by Crippen LogP contribution is 2.60. The molecule has 4 unspecified atom stereocenters. The predicted molar refractivity (Wildman–Crippen MR) is 59.1 cm³/mol. The lowest BCUT2D eigenvalue weighted by atomic mass is 9.66. The molecule has 2 fully saturated rings. The standard InChI is InChI=1S/C13H20FN/c1-12(2-3-14)5-9-4-10-6-13(15,8-12)7-11(9)10/h5,10-11H,2-4,6-8,15H2,1H3. The van der Waals surface area contributed by atoms with Crippen LogP contribution in [0.25, 0.3) is 0 Å². The van der Waals surface area contributed by atoms with Gasteiger partial charge in [0.25, 0.3) is 0 Å². The molecular formula is C13H20FN. The van der Waals surface area contributed by atoms with E-state index in [0.29, 0.717) is 6.42 Å². The van der Waals surface area contributed by atoms with Gasteiger partial charge in [0.1, 0.15) is 0 Å². The molecule has 15 heavy (non-hydrogen) atoms. The van der Waals surface area contributed by atoms with Crippen molar-refractivity contribution in [3.05, 3.63) is 11.6 Å². The highest BCUT2D eigenvalue weighted by molar-refractivity contribution is 5.30. The van der Waals surface area contributed by atoms with Gasteiger partial charge in [0.05, 0.1) is 6.67 Å². The smallest absolute Gasteiger partial charge is 0.0902 e. The zero-order valence-electron chi connectivity index (χ0n) is 9.43. The van der Waals surface area contributed by atoms with Gasteiger partial charge in [0.15, 0.2) is 0 Å². The molecule has 0 heterocycles. The third kappa shape index (κ3) is 1.37. The van der Waals surface area contributed by atoms with E-state index in [-0.39, 0.29) is 17.6 Å². The van der Waals surface area contributed by atoms with Crippen LogP contribution in [0.5, 0.6) is 0 Å². The lowest BCUT2D eigenvalue weighted by molar-refractivity contribution is 0.221. The molecule has 0 amide bonds. The molecular weight excluding hydrogens is 189 g/mol. The molecule has 2 bridgehead atoms. The molecule has 0 saturated heterocycles. The van der Waals surface area contributed by atoms with E-state index in [9.17, 15) is 4.39 Å². The molecule has 0 aliphatic heterocycles. The SMILES string of the molecule is CC1(CCF)C=C2CC3CC(N)(CC23)C1. The van der Waals surface area contributed by atoms with Crippen molar-refractivity contribution in [2.75, 3.05) is 6.67 Å². The molecule has 3 rings (SSSR count). The maximum atomic E-state index is 12.6. The number of nitrogens with two attached hydrogens (primary N) is 1. The van der Waals surface area contributed by atoms with Crippen molar-refractivity contribution in [1.29, 1.82) is 0 Å². The molecule has 2 heteroatoms. The quantitative estimate of drug-likeness (QED) is 0.695. The van der Waals surface area contributed by atoms with Crippen LogP contribution in [0.3, 0.4) is 0 Å². The Hall–Kier alpha value is -0.370. The molecule has 0 aromatic rings. The zero-order chi connectivity index (χ0) is 10.7. The van der Waals surface area contributed by atoms with Crippen LogP contribution in [0, 0.1) is 17.3 Å². The molecule has 1 nitrogen and oxygen atoms in total. The van der Waals surface area contributed by atoms with Crippen molar-refractivity contribution in [3.63, 3.8) is 0 Å². The van der Waals surface area contributed by atoms with E-state index in [1.54, 1.807) is 5.57 Å². The number of hydrogen-bond donors (Lipinski definition) is 1. The molecule has 2 N–H and O–H groups in total. The first kappa shape index (κ1) is 9.83. The first-order valence-corrected chi connectivity index (χ1v) is 6.10. The summed E-state index contributed by atoms with van der Waals surface area (Å²) in [6.45, 7) is 1.96. The monoisotopic (exact) mass is 209 g/mol. The molecule has 0 aromatic heterocycles. The van der Waals surface area contributed by atoms with Gasteiger partial charge in [-0.25, -0.2) is 0 Å². The molecule has 0 spiro atoms. The summed E-state index contributed by atoms with van der Waals surface area (Å²) in [4.78, 5) is 0. The summed E-state index contributed by atoms with van der Waals surface area (Å²) < 4.78 is 12.6. The fraction of sp³-hybridized carbons (Fsp3) is 0.846. The van der Waals surface area contributed by atoms with Crippen LogP contribution in [0.1, 0.15) is 39.0 Å². The second-order valence-electron chi connectivity index (χ2n) is 6.33. The van der Waals surface area contributed by atoms with Gasteiger partial charge in [-0.1, -0.05) is 18.6 Å². The number of alkyl halides is 1. The van der Waals surface area contributed by atoms with Gasteiger partial charge in [-0.2, -0.15) is 0 Å². The molecule has 2 saturated carbocycles. The van der Waals surface area contributed by atoms with Gasteiger partial charge < -0.3 is 5.73 Å². The number of hydrogen-bond acceptors (Lipinski definition) is 1. The average Bonchev–Trinajstić information content (AvgIpc) is 2.30. The van der Waals surface area contributed by atoms with E-state index in [1.165, 1.54) is 12.8 Å². The average molecular weight is 209 g/mol. The lowest BCUT2D eigenvalue weighted by Gasteiger charge is -2.40. The Morgan fingerprint density at radius 1 is 1.53 bits per heavy atom. The highest BCUT2D eigenvalue weighted by atomic mass is 19.1. The second-order valence-corrected chi connectivity index (χ2v) is 6.33. The topological polar surface area (TPSA) is 26.0 Å². The predicted octanol–water partition coefficient (Wildman–Crippen LogP) is 2.81. The van der Waals surface area contributed by atoms with Gasteiger partial charge in [-0.05, 0) is 49.4 Å². The Bertz CT molecular complexity index is 324. The Balaban J connectivity index is 1.94. The Kier molecular flexibility index (Phi) is 1.87. The third-order valence-corrected chi connectivity index (χ3v) is 4.79. The van der Waals surface area contributed by atoms with Crippen molar-refractivity contribution >= 4 is 0 Å². The number of allylic oxidation sites excluding steroid dienone is 2. The van der Waals surface area contributed by atoms with Crippen LogP contribution in [0.4, 0.5) is 4.39 Å². The number of fused-ring (bicyclic) bond motifs is 1. The normalized spacial score (nSPS) is 52.1. The number of rotatable bonds is 2. The van der Waals surface area contributed by atoms with Crippen molar-refractivity contribution < 1.29 is 4.39 Å². The summed E-state index contributed by atoms with van der Waals surface area (Å²) in [7, 11) is 0. The minimum absolute atomic E-state index is 0.00794. The molecule has 3 aliphatic carbocycles. The van der Waals surface area contributed by atoms with E-state index in [2.05, 4.69) is 13.0 Å². The zero-order valence-corrected chi connectivity index (χ0v) is 9.43. The summed E-state index contributed by atoms with van der Waals surface area (Å²) in [5, 5.41) is 0. The van der Waals surface area contributed by atoms with Crippen LogP contribution in [0.2, 0.25) is 0 Å². The van der Waals surface area contributed by atoms with E-state index >= 15 is 0 Å². The molecule has 4 atom stereocenters. The van der Waals surface area contributed by atoms with E-state index in [1.807, 2.05) is 0 Å². The fourth-order valence-corrected chi connectivity index (χ4v) is 4.28. The van der Waals surface area contributed by atoms with Gasteiger partial charge >= 0.3 is 0 Å². The molecule has 0 radical (unpaired) electrons. The fourth-order valence-electron chi connectivity index (χ4n) is 4.28. The Labute approximate surface area is 90.9 Å². The summed E-state index contributed by atoms with van der Waals surface area (Å²) >= 11 is 0. The minimum Gasteiger partial charge on any atom is -0.325 e. The summed E-state index contributed by atoms with van der Waals surface area (Å²) in [5.74, 6) is 1.62. The van der Waals surface area contributed by atoms with Crippen LogP contribution >= 0.6 is 0 Å². The van der Waals surface area contributed by atoms with Gasteiger partial charge in [-0.15, -0.1) is 0 Å². The largest absolute Gasteiger partial charge is 0.325 e.